The lowest BCUT2D eigenvalue weighted by molar-refractivity contribution is 0.417. The molecule has 6 nitrogen and oxygen atoms in total. The van der Waals surface area contributed by atoms with Crippen LogP contribution in [-0.4, -0.2) is 26.9 Å². The summed E-state index contributed by atoms with van der Waals surface area (Å²) in [7, 11) is 0. The molecule has 0 saturated carbocycles. The van der Waals surface area contributed by atoms with Gasteiger partial charge in [0.2, 0.25) is 0 Å². The van der Waals surface area contributed by atoms with Gasteiger partial charge in [0.1, 0.15) is 0 Å². The summed E-state index contributed by atoms with van der Waals surface area (Å²) in [5, 5.41) is 11.3. The molecular weight excluding hydrogens is 194 g/mol. The molecule has 0 bridgehead atoms. The lowest BCUT2D eigenvalue weighted by Gasteiger charge is -1.98. The predicted molar refractivity (Wildman–Crippen MR) is 52.8 cm³/mol. The standard InChI is InChI=1S/C9H11N5O/c1-6(4-10)8-13-9(15-14-8)7-2-3-11-12-5-7/h2-3,5-6H,4,10H2,1H3. The van der Waals surface area contributed by atoms with Crippen molar-refractivity contribution >= 4 is 0 Å². The second-order valence-corrected chi connectivity index (χ2v) is 3.23. The molecule has 15 heavy (non-hydrogen) atoms. The number of aromatic nitrogens is 4. The van der Waals surface area contributed by atoms with Gasteiger partial charge in [0.15, 0.2) is 5.82 Å². The van der Waals surface area contributed by atoms with Crippen molar-refractivity contribution in [1.29, 1.82) is 0 Å². The topological polar surface area (TPSA) is 90.7 Å². The van der Waals surface area contributed by atoms with Crippen molar-refractivity contribution in [2.45, 2.75) is 12.8 Å². The minimum Gasteiger partial charge on any atom is -0.334 e. The Labute approximate surface area is 86.5 Å². The Kier molecular flexibility index (Phi) is 2.68. The summed E-state index contributed by atoms with van der Waals surface area (Å²) in [4.78, 5) is 4.23. The highest BCUT2D eigenvalue weighted by atomic mass is 16.5. The zero-order valence-electron chi connectivity index (χ0n) is 8.29. The fraction of sp³-hybridized carbons (Fsp3) is 0.333. The Morgan fingerprint density at radius 2 is 2.33 bits per heavy atom. The molecule has 0 aliphatic heterocycles. The van der Waals surface area contributed by atoms with Crippen LogP contribution >= 0.6 is 0 Å². The van der Waals surface area contributed by atoms with Gasteiger partial charge in [0.05, 0.1) is 18.0 Å². The van der Waals surface area contributed by atoms with Crippen molar-refractivity contribution in [3.63, 3.8) is 0 Å². The molecule has 0 fully saturated rings. The maximum Gasteiger partial charge on any atom is 0.259 e. The van der Waals surface area contributed by atoms with Crippen LogP contribution in [0.1, 0.15) is 18.7 Å². The molecular formula is C9H11N5O. The smallest absolute Gasteiger partial charge is 0.259 e. The monoisotopic (exact) mass is 205 g/mol. The minimum absolute atomic E-state index is 0.0947. The summed E-state index contributed by atoms with van der Waals surface area (Å²) in [6.07, 6.45) is 3.15. The van der Waals surface area contributed by atoms with E-state index >= 15 is 0 Å². The Balaban J connectivity index is 2.28. The average molecular weight is 205 g/mol. The highest BCUT2D eigenvalue weighted by Gasteiger charge is 2.13. The first-order valence-corrected chi connectivity index (χ1v) is 4.62. The molecule has 0 spiro atoms. The fourth-order valence-electron chi connectivity index (χ4n) is 1.07. The third kappa shape index (κ3) is 1.99. The number of nitrogens with zero attached hydrogens (tertiary/aromatic N) is 4. The molecule has 2 rings (SSSR count). The molecule has 2 N–H and O–H groups in total. The largest absolute Gasteiger partial charge is 0.334 e. The molecule has 2 aromatic rings. The van der Waals surface area contributed by atoms with Crippen molar-refractivity contribution in [2.24, 2.45) is 5.73 Å². The molecule has 78 valence electrons. The first-order chi connectivity index (χ1) is 7.31. The number of rotatable bonds is 3. The van der Waals surface area contributed by atoms with Crippen molar-refractivity contribution in [3.05, 3.63) is 24.3 Å². The zero-order valence-corrected chi connectivity index (χ0v) is 8.29. The summed E-state index contributed by atoms with van der Waals surface area (Å²) in [6.45, 7) is 2.44. The molecule has 1 unspecified atom stereocenters. The van der Waals surface area contributed by atoms with E-state index in [0.717, 1.165) is 5.56 Å². The van der Waals surface area contributed by atoms with E-state index in [-0.39, 0.29) is 5.92 Å². The van der Waals surface area contributed by atoms with E-state index < -0.39 is 0 Å². The van der Waals surface area contributed by atoms with Gasteiger partial charge in [-0.05, 0) is 6.07 Å². The van der Waals surface area contributed by atoms with Crippen LogP contribution in [-0.2, 0) is 0 Å². The van der Waals surface area contributed by atoms with Gasteiger partial charge in [0.25, 0.3) is 5.89 Å². The summed E-state index contributed by atoms with van der Waals surface area (Å²) in [5.74, 6) is 1.15. The average Bonchev–Trinajstić information content (AvgIpc) is 2.78. The number of nitrogens with two attached hydrogens (primary N) is 1. The molecule has 0 aliphatic rings. The van der Waals surface area contributed by atoms with Gasteiger partial charge in [-0.1, -0.05) is 12.1 Å². The molecule has 0 radical (unpaired) electrons. The van der Waals surface area contributed by atoms with Crippen LogP contribution in [0.2, 0.25) is 0 Å². The van der Waals surface area contributed by atoms with Crippen LogP contribution in [0.3, 0.4) is 0 Å². The highest BCUT2D eigenvalue weighted by molar-refractivity contribution is 5.49. The molecule has 2 aromatic heterocycles. The van der Waals surface area contributed by atoms with E-state index in [0.29, 0.717) is 18.3 Å². The summed E-state index contributed by atoms with van der Waals surface area (Å²) in [5.41, 5.74) is 6.27. The molecule has 6 heteroatoms. The van der Waals surface area contributed by atoms with Crippen LogP contribution in [0.15, 0.2) is 23.0 Å². The maximum absolute atomic E-state index is 5.51. The second kappa shape index (κ2) is 4.14. The SMILES string of the molecule is CC(CN)c1noc(-c2ccnnc2)n1. The van der Waals surface area contributed by atoms with Crippen molar-refractivity contribution in [3.8, 4) is 11.5 Å². The Bertz CT molecular complexity index is 427. The Hall–Kier alpha value is -1.82. The molecule has 0 saturated heterocycles. The summed E-state index contributed by atoms with van der Waals surface area (Å²) >= 11 is 0. The molecule has 0 aromatic carbocycles. The molecule has 1 atom stereocenters. The first-order valence-electron chi connectivity index (χ1n) is 4.62. The van der Waals surface area contributed by atoms with E-state index in [1.54, 1.807) is 18.5 Å². The molecule has 0 amide bonds. The van der Waals surface area contributed by atoms with Crippen LogP contribution < -0.4 is 5.73 Å². The van der Waals surface area contributed by atoms with E-state index in [4.69, 9.17) is 10.3 Å². The molecule has 2 heterocycles. The maximum atomic E-state index is 5.51. The highest BCUT2D eigenvalue weighted by Crippen LogP contribution is 2.17. The lowest BCUT2D eigenvalue weighted by Crippen LogP contribution is -2.10. The van der Waals surface area contributed by atoms with Gasteiger partial charge in [-0.2, -0.15) is 15.2 Å². The van der Waals surface area contributed by atoms with Crippen molar-refractivity contribution in [2.75, 3.05) is 6.54 Å². The van der Waals surface area contributed by atoms with Gasteiger partial charge < -0.3 is 10.3 Å². The minimum atomic E-state index is 0.0947. The fourth-order valence-corrected chi connectivity index (χ4v) is 1.07. The Morgan fingerprint density at radius 1 is 1.47 bits per heavy atom. The lowest BCUT2D eigenvalue weighted by atomic mass is 10.2. The quantitative estimate of drug-likeness (QED) is 0.788. The first kappa shape index (κ1) is 9.72. The van der Waals surface area contributed by atoms with E-state index in [1.807, 2.05) is 6.92 Å². The Morgan fingerprint density at radius 3 is 3.00 bits per heavy atom. The van der Waals surface area contributed by atoms with E-state index in [2.05, 4.69) is 20.3 Å². The summed E-state index contributed by atoms with van der Waals surface area (Å²) in [6, 6.07) is 1.76. The second-order valence-electron chi connectivity index (χ2n) is 3.23. The summed E-state index contributed by atoms with van der Waals surface area (Å²) < 4.78 is 5.09. The normalized spacial score (nSPS) is 12.7. The van der Waals surface area contributed by atoms with Crippen LogP contribution in [0.25, 0.3) is 11.5 Å². The number of hydrogen-bond donors (Lipinski definition) is 1. The van der Waals surface area contributed by atoms with Crippen LogP contribution in [0.5, 0.6) is 0 Å². The number of hydrogen-bond acceptors (Lipinski definition) is 6. The van der Waals surface area contributed by atoms with Crippen molar-refractivity contribution < 1.29 is 4.52 Å². The van der Waals surface area contributed by atoms with Gasteiger partial charge in [-0.25, -0.2) is 0 Å². The van der Waals surface area contributed by atoms with Gasteiger partial charge in [0, 0.05) is 12.5 Å². The predicted octanol–water partition coefficient (Wildman–Crippen LogP) is 0.589. The van der Waals surface area contributed by atoms with Crippen LogP contribution in [0.4, 0.5) is 0 Å². The van der Waals surface area contributed by atoms with E-state index in [9.17, 15) is 0 Å². The third-order valence-corrected chi connectivity index (χ3v) is 2.07. The zero-order chi connectivity index (χ0) is 10.7. The van der Waals surface area contributed by atoms with Gasteiger partial charge in [-0.15, -0.1) is 0 Å². The van der Waals surface area contributed by atoms with Crippen LogP contribution in [0, 0.1) is 0 Å². The van der Waals surface area contributed by atoms with Gasteiger partial charge in [-0.3, -0.25) is 0 Å². The van der Waals surface area contributed by atoms with Gasteiger partial charge >= 0.3 is 0 Å². The van der Waals surface area contributed by atoms with E-state index in [1.165, 1.54) is 0 Å². The van der Waals surface area contributed by atoms with Crippen molar-refractivity contribution in [1.82, 2.24) is 20.3 Å². The molecule has 0 aliphatic carbocycles. The third-order valence-electron chi connectivity index (χ3n) is 2.07.